The van der Waals surface area contributed by atoms with Gasteiger partial charge in [-0.15, -0.1) is 0 Å². The summed E-state index contributed by atoms with van der Waals surface area (Å²) in [5, 5.41) is 1.53. The van der Waals surface area contributed by atoms with Crippen LogP contribution in [0.4, 0.5) is 0 Å². The molecule has 3 heterocycles. The molecule has 1 aliphatic heterocycles. The molecule has 1 aromatic carbocycles. The van der Waals surface area contributed by atoms with Gasteiger partial charge >= 0.3 is 0 Å². The molecule has 1 aliphatic carbocycles. The summed E-state index contributed by atoms with van der Waals surface area (Å²) in [7, 11) is 0. The summed E-state index contributed by atoms with van der Waals surface area (Å²) in [5.41, 5.74) is 0.377. The maximum absolute atomic E-state index is 13.3. The molecular formula is C24H26ClN3O3S. The maximum Gasteiger partial charge on any atom is 0.262 e. The largest absolute Gasteiger partial charge is 0.467 e. The number of thioether (sulfide) groups is 1. The van der Waals surface area contributed by atoms with Crippen molar-refractivity contribution in [3.05, 3.63) is 57.7 Å². The van der Waals surface area contributed by atoms with E-state index < -0.39 is 0 Å². The van der Waals surface area contributed by atoms with Gasteiger partial charge in [-0.25, -0.2) is 4.98 Å². The second-order valence-corrected chi connectivity index (χ2v) is 10.0. The summed E-state index contributed by atoms with van der Waals surface area (Å²) in [6.07, 6.45) is 8.72. The molecule has 5 rings (SSSR count). The van der Waals surface area contributed by atoms with Gasteiger partial charge in [-0.2, -0.15) is 0 Å². The van der Waals surface area contributed by atoms with Crippen LogP contribution in [-0.2, 0) is 11.3 Å². The number of halogens is 1. The Morgan fingerprint density at radius 3 is 2.88 bits per heavy atom. The smallest absolute Gasteiger partial charge is 0.262 e. The molecule has 32 heavy (non-hydrogen) atoms. The molecule has 2 unspecified atom stereocenters. The number of carbonyl (C=O) groups excluding carboxylic acids is 1. The van der Waals surface area contributed by atoms with E-state index in [1.165, 1.54) is 37.4 Å². The van der Waals surface area contributed by atoms with Crippen LogP contribution in [0, 0.1) is 5.92 Å². The lowest BCUT2D eigenvalue weighted by Crippen LogP contribution is -2.50. The van der Waals surface area contributed by atoms with E-state index in [-0.39, 0.29) is 23.8 Å². The summed E-state index contributed by atoms with van der Waals surface area (Å²) in [4.78, 5) is 33.3. The van der Waals surface area contributed by atoms with Gasteiger partial charge in [0.2, 0.25) is 5.91 Å². The summed E-state index contributed by atoms with van der Waals surface area (Å²) in [6.45, 7) is 1.10. The van der Waals surface area contributed by atoms with Crippen LogP contribution in [0.2, 0.25) is 5.02 Å². The molecule has 6 nitrogen and oxygen atoms in total. The molecule has 3 aromatic rings. The summed E-state index contributed by atoms with van der Waals surface area (Å²) < 4.78 is 7.06. The molecule has 0 spiro atoms. The van der Waals surface area contributed by atoms with Gasteiger partial charge < -0.3 is 9.32 Å². The number of aromatic nitrogens is 2. The highest BCUT2D eigenvalue weighted by Crippen LogP contribution is 2.35. The Hall–Kier alpha value is -2.25. The van der Waals surface area contributed by atoms with Crippen molar-refractivity contribution in [2.45, 2.75) is 56.3 Å². The van der Waals surface area contributed by atoms with Gasteiger partial charge in [0.05, 0.1) is 29.5 Å². The zero-order valence-electron chi connectivity index (χ0n) is 17.8. The van der Waals surface area contributed by atoms with Crippen LogP contribution in [0.15, 0.2) is 51.0 Å². The zero-order chi connectivity index (χ0) is 22.1. The molecule has 1 saturated heterocycles. The number of likely N-dealkylation sites (tertiary alicyclic amines) is 1. The first-order valence-corrected chi connectivity index (χ1v) is 12.6. The molecule has 168 valence electrons. The van der Waals surface area contributed by atoms with Gasteiger partial charge in [-0.1, -0.05) is 36.2 Å². The maximum atomic E-state index is 13.3. The molecule has 1 saturated carbocycles. The van der Waals surface area contributed by atoms with E-state index in [1.54, 1.807) is 35.1 Å². The highest BCUT2D eigenvalue weighted by Gasteiger charge is 2.35. The summed E-state index contributed by atoms with van der Waals surface area (Å²) in [6, 6.07) is 9.08. The van der Waals surface area contributed by atoms with Crippen molar-refractivity contribution < 1.29 is 9.21 Å². The van der Waals surface area contributed by atoms with Crippen LogP contribution in [0.1, 0.15) is 44.3 Å². The average molecular weight is 472 g/mol. The van der Waals surface area contributed by atoms with Gasteiger partial charge in [-0.3, -0.25) is 14.2 Å². The van der Waals surface area contributed by atoms with Crippen LogP contribution in [0.5, 0.6) is 0 Å². The number of piperidine rings is 1. The minimum absolute atomic E-state index is 0.136. The Morgan fingerprint density at radius 2 is 2.03 bits per heavy atom. The molecular weight excluding hydrogens is 446 g/mol. The van der Waals surface area contributed by atoms with E-state index in [0.29, 0.717) is 38.8 Å². The Labute approximate surface area is 195 Å². The number of rotatable bonds is 5. The van der Waals surface area contributed by atoms with Crippen LogP contribution >= 0.6 is 23.4 Å². The molecule has 0 radical (unpaired) electrons. The van der Waals surface area contributed by atoms with Gasteiger partial charge in [0.15, 0.2) is 5.16 Å². The third-order valence-corrected chi connectivity index (χ3v) is 7.86. The first-order chi connectivity index (χ1) is 15.6. The van der Waals surface area contributed by atoms with Crippen LogP contribution < -0.4 is 5.56 Å². The minimum atomic E-state index is -0.164. The number of furan rings is 1. The Morgan fingerprint density at radius 1 is 1.19 bits per heavy atom. The highest BCUT2D eigenvalue weighted by molar-refractivity contribution is 7.99. The van der Waals surface area contributed by atoms with Crippen molar-refractivity contribution in [1.29, 1.82) is 0 Å². The number of hydrogen-bond donors (Lipinski definition) is 0. The van der Waals surface area contributed by atoms with E-state index in [9.17, 15) is 9.59 Å². The molecule has 2 aliphatic rings. The second kappa shape index (κ2) is 9.32. The number of benzene rings is 1. The van der Waals surface area contributed by atoms with Crippen molar-refractivity contribution in [3.8, 4) is 0 Å². The Balaban J connectivity index is 1.42. The van der Waals surface area contributed by atoms with Crippen molar-refractivity contribution in [2.75, 3.05) is 12.3 Å². The number of nitrogens with zero attached hydrogens (tertiary/aromatic N) is 3. The fourth-order valence-corrected chi connectivity index (χ4v) is 6.18. The van der Waals surface area contributed by atoms with E-state index in [1.807, 2.05) is 6.07 Å². The quantitative estimate of drug-likeness (QED) is 0.388. The predicted octanol–water partition coefficient (Wildman–Crippen LogP) is 4.96. The topological polar surface area (TPSA) is 68.3 Å². The highest BCUT2D eigenvalue weighted by atomic mass is 35.5. The summed E-state index contributed by atoms with van der Waals surface area (Å²) in [5.74, 6) is 1.71. The average Bonchev–Trinajstić information content (AvgIpc) is 3.32. The first kappa shape index (κ1) is 21.6. The van der Waals surface area contributed by atoms with E-state index in [4.69, 9.17) is 21.0 Å². The van der Waals surface area contributed by atoms with E-state index in [2.05, 4.69) is 4.90 Å². The molecule has 1 amide bonds. The first-order valence-electron chi connectivity index (χ1n) is 11.2. The lowest BCUT2D eigenvalue weighted by Gasteiger charge is -2.44. The van der Waals surface area contributed by atoms with Crippen molar-refractivity contribution in [2.24, 2.45) is 5.92 Å². The van der Waals surface area contributed by atoms with Crippen molar-refractivity contribution in [3.63, 3.8) is 0 Å². The number of fused-ring (bicyclic) bond motifs is 2. The summed E-state index contributed by atoms with van der Waals surface area (Å²) >= 11 is 7.46. The molecule has 0 bridgehead atoms. The fourth-order valence-electron chi connectivity index (χ4n) is 5.13. The third-order valence-electron chi connectivity index (χ3n) is 6.66. The zero-order valence-corrected chi connectivity index (χ0v) is 19.4. The lowest BCUT2D eigenvalue weighted by molar-refractivity contribution is -0.134. The van der Waals surface area contributed by atoms with Crippen molar-refractivity contribution in [1.82, 2.24) is 14.5 Å². The van der Waals surface area contributed by atoms with Gasteiger partial charge in [-0.05, 0) is 61.9 Å². The number of hydrogen-bond acceptors (Lipinski definition) is 5. The normalized spacial score (nSPS) is 21.0. The SMILES string of the molecule is O=C(CSc1nc2cc(Cl)ccc2c(=O)n1Cc1ccco1)N1CCCC2CCCCC21. The van der Waals surface area contributed by atoms with Crippen molar-refractivity contribution >= 4 is 40.2 Å². The molecule has 8 heteroatoms. The standard InChI is InChI=1S/C24H26ClN3O3S/c25-17-9-10-19-20(13-17)26-24(28(23(19)30)14-18-7-4-12-31-18)32-15-22(29)27-11-3-6-16-5-1-2-8-21(16)27/h4,7,9-10,12-13,16,21H,1-3,5-6,8,11,14-15H2. The Kier molecular flexibility index (Phi) is 6.28. The van der Waals surface area contributed by atoms with Crippen LogP contribution in [0.3, 0.4) is 0 Å². The molecule has 2 fully saturated rings. The fraction of sp³-hybridized carbons (Fsp3) is 0.458. The van der Waals surface area contributed by atoms with Gasteiger partial charge in [0.1, 0.15) is 5.76 Å². The van der Waals surface area contributed by atoms with Crippen LogP contribution in [0.25, 0.3) is 10.9 Å². The van der Waals surface area contributed by atoms with Gasteiger partial charge in [0.25, 0.3) is 5.56 Å². The molecule has 0 N–H and O–H groups in total. The van der Waals surface area contributed by atoms with E-state index >= 15 is 0 Å². The predicted molar refractivity (Wildman–Crippen MR) is 126 cm³/mol. The Bertz CT molecular complexity index is 1180. The number of amides is 1. The number of carbonyl (C=O) groups is 1. The van der Waals surface area contributed by atoms with E-state index in [0.717, 1.165) is 19.4 Å². The third kappa shape index (κ3) is 4.33. The lowest BCUT2D eigenvalue weighted by atomic mass is 9.78. The monoisotopic (exact) mass is 471 g/mol. The molecule has 2 atom stereocenters. The van der Waals surface area contributed by atoms with Gasteiger partial charge in [0, 0.05) is 17.6 Å². The second-order valence-electron chi connectivity index (χ2n) is 8.66. The van der Waals surface area contributed by atoms with Crippen LogP contribution in [-0.4, -0.2) is 38.7 Å². The molecule has 2 aromatic heterocycles. The minimum Gasteiger partial charge on any atom is -0.467 e.